The fraction of sp³-hybridized carbons (Fsp3) is 0.192. The smallest absolute Gasteiger partial charge is 0.295 e. The highest BCUT2D eigenvalue weighted by molar-refractivity contribution is 6.46. The van der Waals surface area contributed by atoms with Gasteiger partial charge in [-0.1, -0.05) is 30.3 Å². The molecule has 7 heteroatoms. The van der Waals surface area contributed by atoms with E-state index in [1.165, 1.54) is 24.4 Å². The number of Topliss-reactive ketones (excluding diaryl/α,β-unsaturated/α-hetero) is 1. The molecule has 4 rings (SSSR count). The van der Waals surface area contributed by atoms with Crippen LogP contribution in [-0.4, -0.2) is 47.4 Å². The molecule has 7 nitrogen and oxygen atoms in total. The quantitative estimate of drug-likeness (QED) is 0.339. The average molecular weight is 444 g/mol. The van der Waals surface area contributed by atoms with Crippen molar-refractivity contribution in [3.05, 3.63) is 95.3 Å². The van der Waals surface area contributed by atoms with Gasteiger partial charge < -0.3 is 19.5 Å². The molecule has 1 saturated heterocycles. The van der Waals surface area contributed by atoms with E-state index in [-0.39, 0.29) is 17.9 Å². The van der Waals surface area contributed by atoms with Gasteiger partial charge in [-0.3, -0.25) is 14.6 Å². The first-order valence-electron chi connectivity index (χ1n) is 10.5. The van der Waals surface area contributed by atoms with Gasteiger partial charge in [0.25, 0.3) is 11.7 Å². The Bertz CT molecular complexity index is 1190. The zero-order valence-electron chi connectivity index (χ0n) is 18.4. The lowest BCUT2D eigenvalue weighted by atomic mass is 9.94. The summed E-state index contributed by atoms with van der Waals surface area (Å²) >= 11 is 0. The van der Waals surface area contributed by atoms with E-state index < -0.39 is 17.7 Å². The van der Waals surface area contributed by atoms with Crippen LogP contribution >= 0.6 is 0 Å². The molecule has 0 saturated carbocycles. The van der Waals surface area contributed by atoms with E-state index >= 15 is 0 Å². The summed E-state index contributed by atoms with van der Waals surface area (Å²) in [6.07, 6.45) is 3.57. The third-order valence-electron chi connectivity index (χ3n) is 5.73. The van der Waals surface area contributed by atoms with Crippen LogP contribution in [0.4, 0.5) is 0 Å². The predicted octanol–water partition coefficient (Wildman–Crippen LogP) is 3.76. The van der Waals surface area contributed by atoms with E-state index in [0.29, 0.717) is 23.3 Å². The van der Waals surface area contributed by atoms with Crippen LogP contribution in [-0.2, 0) is 16.0 Å². The van der Waals surface area contributed by atoms with Crippen molar-refractivity contribution in [1.82, 2.24) is 9.88 Å². The molecule has 1 aliphatic heterocycles. The standard InChI is InChI=1S/C26H24N2O5/c1-32-19-9-7-17(8-10-19)13-16-28-23(20-5-3-4-6-21(20)33-2)22(25(30)26(28)31)24(29)18-11-14-27-15-12-18/h3-12,14-15,23,29H,13,16H2,1-2H3/b24-22-. The molecule has 1 aromatic heterocycles. The molecule has 2 heterocycles. The van der Waals surface area contributed by atoms with Crippen LogP contribution in [0.25, 0.3) is 5.76 Å². The number of methoxy groups -OCH3 is 2. The van der Waals surface area contributed by atoms with E-state index in [1.807, 2.05) is 36.4 Å². The van der Waals surface area contributed by atoms with E-state index in [0.717, 1.165) is 11.3 Å². The summed E-state index contributed by atoms with van der Waals surface area (Å²) in [4.78, 5) is 31.7. The molecule has 0 spiro atoms. The van der Waals surface area contributed by atoms with E-state index in [1.54, 1.807) is 31.4 Å². The number of ether oxygens (including phenoxy) is 2. The molecule has 0 radical (unpaired) electrons. The Morgan fingerprint density at radius 2 is 1.67 bits per heavy atom. The van der Waals surface area contributed by atoms with Gasteiger partial charge in [-0.25, -0.2) is 0 Å². The van der Waals surface area contributed by atoms with Crippen molar-refractivity contribution < 1.29 is 24.2 Å². The number of carbonyl (C=O) groups excluding carboxylic acids is 2. The van der Waals surface area contributed by atoms with Crippen LogP contribution in [0.3, 0.4) is 0 Å². The fourth-order valence-electron chi connectivity index (χ4n) is 4.03. The van der Waals surface area contributed by atoms with Gasteiger partial charge in [-0.2, -0.15) is 0 Å². The molecular formula is C26H24N2O5. The van der Waals surface area contributed by atoms with Crippen molar-refractivity contribution in [3.8, 4) is 11.5 Å². The number of aliphatic hydroxyl groups is 1. The fourth-order valence-corrected chi connectivity index (χ4v) is 4.03. The lowest BCUT2D eigenvalue weighted by Crippen LogP contribution is -2.31. The molecule has 0 aliphatic carbocycles. The molecule has 168 valence electrons. The second-order valence-electron chi connectivity index (χ2n) is 7.57. The summed E-state index contributed by atoms with van der Waals surface area (Å²) in [6, 6.07) is 17.2. The van der Waals surface area contributed by atoms with Crippen molar-refractivity contribution in [1.29, 1.82) is 0 Å². The maximum Gasteiger partial charge on any atom is 0.295 e. The lowest BCUT2D eigenvalue weighted by molar-refractivity contribution is -0.139. The van der Waals surface area contributed by atoms with Gasteiger partial charge in [0.15, 0.2) is 0 Å². The number of hydrogen-bond acceptors (Lipinski definition) is 6. The number of amides is 1. The highest BCUT2D eigenvalue weighted by Gasteiger charge is 2.46. The Kier molecular flexibility index (Phi) is 6.40. The second kappa shape index (κ2) is 9.56. The molecule has 1 aliphatic rings. The molecule has 1 amide bonds. The minimum absolute atomic E-state index is 0.0328. The van der Waals surface area contributed by atoms with Gasteiger partial charge in [0.1, 0.15) is 17.3 Å². The van der Waals surface area contributed by atoms with E-state index in [9.17, 15) is 14.7 Å². The van der Waals surface area contributed by atoms with Crippen LogP contribution < -0.4 is 9.47 Å². The van der Waals surface area contributed by atoms with Gasteiger partial charge in [0.05, 0.1) is 25.8 Å². The highest BCUT2D eigenvalue weighted by atomic mass is 16.5. The van der Waals surface area contributed by atoms with Crippen molar-refractivity contribution in [3.63, 3.8) is 0 Å². The predicted molar refractivity (Wildman–Crippen MR) is 123 cm³/mol. The van der Waals surface area contributed by atoms with Gasteiger partial charge in [0, 0.05) is 30.1 Å². The van der Waals surface area contributed by atoms with E-state index in [2.05, 4.69) is 4.98 Å². The minimum Gasteiger partial charge on any atom is -0.507 e. The second-order valence-corrected chi connectivity index (χ2v) is 7.57. The average Bonchev–Trinajstić information content (AvgIpc) is 3.12. The molecule has 1 fully saturated rings. The first kappa shape index (κ1) is 22.1. The first-order chi connectivity index (χ1) is 16.0. The van der Waals surface area contributed by atoms with Crippen LogP contribution in [0.2, 0.25) is 0 Å². The number of likely N-dealkylation sites (tertiary alicyclic amines) is 1. The summed E-state index contributed by atoms with van der Waals surface area (Å²) in [7, 11) is 3.13. The summed E-state index contributed by atoms with van der Waals surface area (Å²) in [5, 5.41) is 11.1. The SMILES string of the molecule is COc1ccc(CCN2C(=O)C(=O)/C(=C(\O)c3ccncc3)C2c2ccccc2OC)cc1. The number of ketones is 1. The number of aromatic nitrogens is 1. The first-order valence-corrected chi connectivity index (χ1v) is 10.5. The zero-order valence-corrected chi connectivity index (χ0v) is 18.4. The van der Waals surface area contributed by atoms with Crippen LogP contribution in [0.15, 0.2) is 78.6 Å². The number of rotatable bonds is 7. The summed E-state index contributed by atoms with van der Waals surface area (Å²) < 4.78 is 10.7. The number of para-hydroxylation sites is 1. The van der Waals surface area contributed by atoms with E-state index in [4.69, 9.17) is 9.47 Å². The topological polar surface area (TPSA) is 89.0 Å². The Labute approximate surface area is 191 Å². The maximum atomic E-state index is 13.1. The number of nitrogens with zero attached hydrogens (tertiary/aromatic N) is 2. The van der Waals surface area contributed by atoms with Crippen molar-refractivity contribution in [2.75, 3.05) is 20.8 Å². The highest BCUT2D eigenvalue weighted by Crippen LogP contribution is 2.42. The van der Waals surface area contributed by atoms with Gasteiger partial charge in [-0.15, -0.1) is 0 Å². The number of carbonyl (C=O) groups is 2. The lowest BCUT2D eigenvalue weighted by Gasteiger charge is -2.26. The van der Waals surface area contributed by atoms with Gasteiger partial charge in [-0.05, 0) is 42.3 Å². The maximum absolute atomic E-state index is 13.1. The Morgan fingerprint density at radius 1 is 0.970 bits per heavy atom. The molecule has 0 bridgehead atoms. The zero-order chi connectivity index (χ0) is 23.4. The molecule has 1 N–H and O–H groups in total. The van der Waals surface area contributed by atoms with Crippen molar-refractivity contribution >= 4 is 17.4 Å². The number of aliphatic hydroxyl groups excluding tert-OH is 1. The molecule has 33 heavy (non-hydrogen) atoms. The molecular weight excluding hydrogens is 420 g/mol. The molecule has 3 aromatic rings. The number of benzene rings is 2. The Morgan fingerprint density at radius 3 is 2.33 bits per heavy atom. The number of hydrogen-bond donors (Lipinski definition) is 1. The Hall–Kier alpha value is -4.13. The normalized spacial score (nSPS) is 17.3. The third-order valence-corrected chi connectivity index (χ3v) is 5.73. The monoisotopic (exact) mass is 444 g/mol. The molecule has 1 unspecified atom stereocenters. The van der Waals surface area contributed by atoms with Crippen LogP contribution in [0.1, 0.15) is 22.7 Å². The molecule has 2 aromatic carbocycles. The van der Waals surface area contributed by atoms with Gasteiger partial charge in [0.2, 0.25) is 0 Å². The van der Waals surface area contributed by atoms with Gasteiger partial charge >= 0.3 is 0 Å². The third kappa shape index (κ3) is 4.30. The summed E-state index contributed by atoms with van der Waals surface area (Å²) in [6.45, 7) is 0.284. The largest absolute Gasteiger partial charge is 0.507 e. The Balaban J connectivity index is 1.77. The van der Waals surface area contributed by atoms with Crippen molar-refractivity contribution in [2.24, 2.45) is 0 Å². The number of pyridine rings is 1. The van der Waals surface area contributed by atoms with Crippen LogP contribution in [0, 0.1) is 0 Å². The summed E-state index contributed by atoms with van der Waals surface area (Å²) in [5.74, 6) is -0.353. The van der Waals surface area contributed by atoms with Crippen molar-refractivity contribution in [2.45, 2.75) is 12.5 Å². The van der Waals surface area contributed by atoms with Crippen LogP contribution in [0.5, 0.6) is 11.5 Å². The molecule has 1 atom stereocenters. The minimum atomic E-state index is -0.785. The summed E-state index contributed by atoms with van der Waals surface area (Å²) in [5.41, 5.74) is 2.07.